The van der Waals surface area contributed by atoms with Gasteiger partial charge in [-0.25, -0.2) is 4.99 Å². The zero-order valence-corrected chi connectivity index (χ0v) is 7.91. The van der Waals surface area contributed by atoms with E-state index in [1.165, 1.54) is 0 Å². The van der Waals surface area contributed by atoms with E-state index < -0.39 is 0 Å². The largest absolute Gasteiger partial charge is 0.374 e. The van der Waals surface area contributed by atoms with Gasteiger partial charge in [0.1, 0.15) is 5.84 Å². The van der Waals surface area contributed by atoms with Crippen LogP contribution in [0.5, 0.6) is 0 Å². The highest BCUT2D eigenvalue weighted by atomic mass is 15.1. The summed E-state index contributed by atoms with van der Waals surface area (Å²) in [6, 6.07) is 0. The molecule has 0 N–H and O–H groups in total. The zero-order chi connectivity index (χ0) is 8.97. The lowest BCUT2D eigenvalue weighted by atomic mass is 10.4. The van der Waals surface area contributed by atoms with Crippen molar-refractivity contribution >= 4 is 11.5 Å². The fraction of sp³-hybridized carbons (Fsp3) is 0.556. The zero-order valence-electron chi connectivity index (χ0n) is 7.91. The van der Waals surface area contributed by atoms with Crippen molar-refractivity contribution in [2.24, 2.45) is 9.98 Å². The molecule has 0 amide bonds. The third-order valence-electron chi connectivity index (χ3n) is 1.63. The van der Waals surface area contributed by atoms with Crippen molar-refractivity contribution in [3.63, 3.8) is 0 Å². The van der Waals surface area contributed by atoms with Gasteiger partial charge in [-0.05, 0) is 19.9 Å². The first kappa shape index (κ1) is 8.97. The molecule has 1 aliphatic rings. The lowest BCUT2D eigenvalue weighted by Crippen LogP contribution is -2.12. The minimum atomic E-state index is 0.808. The van der Waals surface area contributed by atoms with Gasteiger partial charge in [-0.15, -0.1) is 0 Å². The summed E-state index contributed by atoms with van der Waals surface area (Å²) in [7, 11) is 2.03. The van der Waals surface area contributed by atoms with E-state index in [0.29, 0.717) is 0 Å². The number of nitrogens with zero attached hydrogens (tertiary/aromatic N) is 3. The monoisotopic (exact) mass is 165 g/mol. The predicted octanol–water partition coefficient (Wildman–Crippen LogP) is 1.32. The van der Waals surface area contributed by atoms with Crippen molar-refractivity contribution in [2.45, 2.75) is 13.8 Å². The van der Waals surface area contributed by atoms with E-state index in [1.807, 2.05) is 33.2 Å². The summed E-state index contributed by atoms with van der Waals surface area (Å²) in [6.45, 7) is 5.65. The smallest absolute Gasteiger partial charge is 0.120 e. The molecule has 3 heteroatoms. The van der Waals surface area contributed by atoms with E-state index in [-0.39, 0.29) is 0 Å². The molecule has 0 aromatic carbocycles. The lowest BCUT2D eigenvalue weighted by molar-refractivity contribution is 0.540. The Balaban J connectivity index is 2.59. The second-order valence-corrected chi connectivity index (χ2v) is 2.86. The van der Waals surface area contributed by atoms with Crippen LogP contribution in [0.25, 0.3) is 0 Å². The van der Waals surface area contributed by atoms with Gasteiger partial charge in [0.2, 0.25) is 0 Å². The van der Waals surface area contributed by atoms with E-state index in [0.717, 1.165) is 24.6 Å². The maximum absolute atomic E-state index is 4.35. The molecular weight excluding hydrogens is 150 g/mol. The van der Waals surface area contributed by atoms with Crippen LogP contribution in [0, 0.1) is 0 Å². The van der Waals surface area contributed by atoms with Crippen molar-refractivity contribution in [3.05, 3.63) is 12.3 Å². The summed E-state index contributed by atoms with van der Waals surface area (Å²) in [4.78, 5) is 10.6. The molecule has 1 aliphatic heterocycles. The van der Waals surface area contributed by atoms with Gasteiger partial charge < -0.3 is 4.90 Å². The number of amidine groups is 1. The first-order valence-corrected chi connectivity index (χ1v) is 4.19. The number of rotatable bonds is 1. The van der Waals surface area contributed by atoms with E-state index in [9.17, 15) is 0 Å². The number of hydrogen-bond donors (Lipinski definition) is 0. The SMILES string of the molecule is CC/N=C(C)\N=C1\C=CN(C)C1. The van der Waals surface area contributed by atoms with Crippen LogP contribution in [0.4, 0.5) is 0 Å². The molecule has 0 aromatic rings. The van der Waals surface area contributed by atoms with Crippen LogP contribution < -0.4 is 0 Å². The van der Waals surface area contributed by atoms with Crippen LogP contribution in [-0.2, 0) is 0 Å². The van der Waals surface area contributed by atoms with Gasteiger partial charge in [0.05, 0.1) is 12.3 Å². The average Bonchev–Trinajstić information content (AvgIpc) is 2.36. The van der Waals surface area contributed by atoms with Crippen LogP contribution in [0.2, 0.25) is 0 Å². The summed E-state index contributed by atoms with van der Waals surface area (Å²) in [5.41, 5.74) is 1.09. The van der Waals surface area contributed by atoms with Gasteiger partial charge in [0, 0.05) is 19.8 Å². The first-order valence-electron chi connectivity index (χ1n) is 4.19. The second kappa shape index (κ2) is 4.04. The summed E-state index contributed by atoms with van der Waals surface area (Å²) < 4.78 is 0. The highest BCUT2D eigenvalue weighted by molar-refractivity contribution is 6.05. The van der Waals surface area contributed by atoms with Gasteiger partial charge in [-0.1, -0.05) is 0 Å². The highest BCUT2D eigenvalue weighted by Gasteiger charge is 2.05. The fourth-order valence-electron chi connectivity index (χ4n) is 1.12. The molecule has 66 valence electrons. The maximum Gasteiger partial charge on any atom is 0.120 e. The standard InChI is InChI=1S/C9H15N3/c1-4-10-8(2)11-9-5-6-12(3)7-9/h5-6H,4,7H2,1-3H3/b10-8-,11-9-. The molecule has 0 spiro atoms. The van der Waals surface area contributed by atoms with Crippen LogP contribution in [-0.4, -0.2) is 36.6 Å². The normalized spacial score (nSPS) is 21.1. The lowest BCUT2D eigenvalue weighted by Gasteiger charge is -2.04. The minimum Gasteiger partial charge on any atom is -0.374 e. The van der Waals surface area contributed by atoms with E-state index >= 15 is 0 Å². The molecular formula is C9H15N3. The maximum atomic E-state index is 4.35. The summed E-state index contributed by atoms with van der Waals surface area (Å²) in [5, 5.41) is 0. The molecule has 12 heavy (non-hydrogen) atoms. The summed E-state index contributed by atoms with van der Waals surface area (Å²) in [5.74, 6) is 0.868. The van der Waals surface area contributed by atoms with Crippen molar-refractivity contribution in [2.75, 3.05) is 20.1 Å². The molecule has 0 unspecified atom stereocenters. The molecule has 0 bridgehead atoms. The van der Waals surface area contributed by atoms with Gasteiger partial charge in [-0.2, -0.15) is 0 Å². The van der Waals surface area contributed by atoms with Crippen molar-refractivity contribution in [1.82, 2.24) is 4.90 Å². The number of aliphatic imine (C=N–C) groups is 2. The Morgan fingerprint density at radius 1 is 1.67 bits per heavy atom. The fourth-order valence-corrected chi connectivity index (χ4v) is 1.12. The van der Waals surface area contributed by atoms with E-state index in [1.54, 1.807) is 0 Å². The Kier molecular flexibility index (Phi) is 3.02. The van der Waals surface area contributed by atoms with E-state index in [2.05, 4.69) is 14.9 Å². The van der Waals surface area contributed by atoms with Gasteiger partial charge in [0.15, 0.2) is 0 Å². The quantitative estimate of drug-likeness (QED) is 0.425. The number of hydrogen-bond acceptors (Lipinski definition) is 2. The Morgan fingerprint density at radius 3 is 2.92 bits per heavy atom. The van der Waals surface area contributed by atoms with Crippen molar-refractivity contribution in [3.8, 4) is 0 Å². The second-order valence-electron chi connectivity index (χ2n) is 2.86. The summed E-state index contributed by atoms with van der Waals surface area (Å²) >= 11 is 0. The van der Waals surface area contributed by atoms with Crippen LogP contribution in [0.15, 0.2) is 22.3 Å². The molecule has 1 rings (SSSR count). The third kappa shape index (κ3) is 2.49. The Bertz CT molecular complexity index is 238. The molecule has 0 saturated carbocycles. The van der Waals surface area contributed by atoms with Gasteiger partial charge >= 0.3 is 0 Å². The Labute approximate surface area is 73.5 Å². The van der Waals surface area contributed by atoms with Crippen LogP contribution in [0.1, 0.15) is 13.8 Å². The molecule has 0 aromatic heterocycles. The Morgan fingerprint density at radius 2 is 2.42 bits per heavy atom. The Hall–Kier alpha value is -1.12. The third-order valence-corrected chi connectivity index (χ3v) is 1.63. The summed E-state index contributed by atoms with van der Waals surface area (Å²) in [6.07, 6.45) is 4.05. The van der Waals surface area contributed by atoms with Crippen molar-refractivity contribution in [1.29, 1.82) is 0 Å². The van der Waals surface area contributed by atoms with Crippen molar-refractivity contribution < 1.29 is 0 Å². The molecule has 0 atom stereocenters. The average molecular weight is 165 g/mol. The van der Waals surface area contributed by atoms with Crippen LogP contribution >= 0.6 is 0 Å². The molecule has 0 aliphatic carbocycles. The minimum absolute atomic E-state index is 0.808. The molecule has 0 radical (unpaired) electrons. The van der Waals surface area contributed by atoms with Gasteiger partial charge in [0.25, 0.3) is 0 Å². The highest BCUT2D eigenvalue weighted by Crippen LogP contribution is 1.99. The molecule has 1 heterocycles. The topological polar surface area (TPSA) is 28.0 Å². The molecule has 0 fully saturated rings. The predicted molar refractivity (Wildman–Crippen MR) is 52.9 cm³/mol. The van der Waals surface area contributed by atoms with Gasteiger partial charge in [-0.3, -0.25) is 4.99 Å². The van der Waals surface area contributed by atoms with Crippen LogP contribution in [0.3, 0.4) is 0 Å². The molecule has 3 nitrogen and oxygen atoms in total. The molecule has 0 saturated heterocycles. The first-order chi connectivity index (χ1) is 5.72. The van der Waals surface area contributed by atoms with E-state index in [4.69, 9.17) is 0 Å².